The Morgan fingerprint density at radius 2 is 1.89 bits per heavy atom. The Labute approximate surface area is 54.9 Å². The van der Waals surface area contributed by atoms with Gasteiger partial charge in [-0.3, -0.25) is 4.79 Å². The molecular weight excluding hydrogens is 116 g/mol. The largest absolute Gasteiger partial charge is 0.382 e. The second kappa shape index (κ2) is 1.37. The van der Waals surface area contributed by atoms with Crippen molar-refractivity contribution in [2.45, 2.75) is 32.8 Å². The number of hydrogen-bond donors (Lipinski definition) is 1. The summed E-state index contributed by atoms with van der Waals surface area (Å²) in [5.41, 5.74) is -1.27. The number of carbonyl (C=O) groups excluding carboxylic acids is 1. The molecule has 0 saturated heterocycles. The van der Waals surface area contributed by atoms with Crippen LogP contribution < -0.4 is 0 Å². The van der Waals surface area contributed by atoms with Crippen molar-refractivity contribution < 1.29 is 9.90 Å². The first-order valence-electron chi connectivity index (χ1n) is 3.13. The number of ketones is 1. The van der Waals surface area contributed by atoms with Crippen LogP contribution in [0.25, 0.3) is 0 Å². The van der Waals surface area contributed by atoms with E-state index in [2.05, 4.69) is 0 Å². The van der Waals surface area contributed by atoms with Crippen LogP contribution in [0.1, 0.15) is 27.2 Å². The van der Waals surface area contributed by atoms with Gasteiger partial charge < -0.3 is 5.11 Å². The van der Waals surface area contributed by atoms with Crippen LogP contribution >= 0.6 is 0 Å². The Kier molecular flexibility index (Phi) is 1.03. The van der Waals surface area contributed by atoms with Gasteiger partial charge in [0.25, 0.3) is 0 Å². The standard InChI is InChI=1S/C7H12O2/c1-6(2)4-5(8)7(6,3)9/h9H,4H2,1-3H3. The fourth-order valence-corrected chi connectivity index (χ4v) is 1.02. The van der Waals surface area contributed by atoms with Gasteiger partial charge in [0.2, 0.25) is 0 Å². The predicted octanol–water partition coefficient (Wildman–Crippen LogP) is 0.736. The van der Waals surface area contributed by atoms with Crippen LogP contribution in [-0.4, -0.2) is 16.5 Å². The second-order valence-electron chi connectivity index (χ2n) is 3.56. The first kappa shape index (κ1) is 6.75. The molecule has 0 radical (unpaired) electrons. The van der Waals surface area contributed by atoms with Crippen molar-refractivity contribution in [3.8, 4) is 0 Å². The molecule has 0 aromatic heterocycles. The lowest BCUT2D eigenvalue weighted by Gasteiger charge is -2.48. The highest BCUT2D eigenvalue weighted by molar-refractivity contribution is 5.94. The van der Waals surface area contributed by atoms with Gasteiger partial charge in [-0.25, -0.2) is 0 Å². The number of aliphatic hydroxyl groups is 1. The third-order valence-corrected chi connectivity index (χ3v) is 2.46. The molecule has 1 unspecified atom stereocenters. The fourth-order valence-electron chi connectivity index (χ4n) is 1.02. The molecule has 52 valence electrons. The van der Waals surface area contributed by atoms with Gasteiger partial charge in [0.1, 0.15) is 5.60 Å². The van der Waals surface area contributed by atoms with Gasteiger partial charge in [0, 0.05) is 11.8 Å². The maximum atomic E-state index is 10.7. The van der Waals surface area contributed by atoms with Crippen molar-refractivity contribution in [1.82, 2.24) is 0 Å². The van der Waals surface area contributed by atoms with Gasteiger partial charge in [-0.15, -0.1) is 0 Å². The van der Waals surface area contributed by atoms with Crippen molar-refractivity contribution >= 4 is 5.78 Å². The molecule has 1 rings (SSSR count). The summed E-state index contributed by atoms with van der Waals surface area (Å²) in [7, 11) is 0. The summed E-state index contributed by atoms with van der Waals surface area (Å²) >= 11 is 0. The van der Waals surface area contributed by atoms with Gasteiger partial charge in [-0.05, 0) is 6.92 Å². The smallest absolute Gasteiger partial charge is 0.165 e. The van der Waals surface area contributed by atoms with E-state index in [9.17, 15) is 9.90 Å². The lowest BCUT2D eigenvalue weighted by Crippen LogP contribution is -2.60. The lowest BCUT2D eigenvalue weighted by atomic mass is 9.59. The van der Waals surface area contributed by atoms with Crippen LogP contribution in [0.2, 0.25) is 0 Å². The Morgan fingerprint density at radius 3 is 1.89 bits per heavy atom. The number of hydrogen-bond acceptors (Lipinski definition) is 2. The van der Waals surface area contributed by atoms with E-state index >= 15 is 0 Å². The summed E-state index contributed by atoms with van der Waals surface area (Å²) in [5.74, 6) is -0.0347. The summed E-state index contributed by atoms with van der Waals surface area (Å²) in [6, 6.07) is 0. The van der Waals surface area contributed by atoms with Crippen molar-refractivity contribution in [3.63, 3.8) is 0 Å². The molecule has 0 bridgehead atoms. The quantitative estimate of drug-likeness (QED) is 0.522. The van der Waals surface area contributed by atoms with Gasteiger partial charge in [0.15, 0.2) is 5.78 Å². The Morgan fingerprint density at radius 1 is 1.44 bits per heavy atom. The molecule has 0 aliphatic heterocycles. The molecule has 2 heteroatoms. The Hall–Kier alpha value is -0.370. The van der Waals surface area contributed by atoms with Crippen molar-refractivity contribution in [3.05, 3.63) is 0 Å². The summed E-state index contributed by atoms with van der Waals surface area (Å²) in [5, 5.41) is 9.36. The van der Waals surface area contributed by atoms with E-state index in [1.54, 1.807) is 6.92 Å². The third-order valence-electron chi connectivity index (χ3n) is 2.46. The zero-order valence-electron chi connectivity index (χ0n) is 6.06. The van der Waals surface area contributed by atoms with Crippen molar-refractivity contribution in [2.75, 3.05) is 0 Å². The third kappa shape index (κ3) is 0.628. The molecule has 1 aliphatic rings. The fraction of sp³-hybridized carbons (Fsp3) is 0.857. The minimum Gasteiger partial charge on any atom is -0.382 e. The summed E-state index contributed by atoms with van der Waals surface area (Å²) in [6.45, 7) is 5.38. The topological polar surface area (TPSA) is 37.3 Å². The van der Waals surface area contributed by atoms with E-state index in [0.29, 0.717) is 6.42 Å². The van der Waals surface area contributed by atoms with Gasteiger partial charge >= 0.3 is 0 Å². The average molecular weight is 128 g/mol. The summed E-state index contributed by atoms with van der Waals surface area (Å²) in [4.78, 5) is 10.7. The maximum Gasteiger partial charge on any atom is 0.165 e. The average Bonchev–Trinajstić information content (AvgIpc) is 1.65. The second-order valence-corrected chi connectivity index (χ2v) is 3.56. The molecule has 1 N–H and O–H groups in total. The van der Waals surface area contributed by atoms with Crippen LogP contribution in [-0.2, 0) is 4.79 Å². The molecule has 0 aromatic carbocycles. The highest BCUT2D eigenvalue weighted by atomic mass is 16.3. The zero-order valence-corrected chi connectivity index (χ0v) is 6.06. The molecule has 0 heterocycles. The monoisotopic (exact) mass is 128 g/mol. The molecule has 1 aliphatic carbocycles. The molecule has 0 aromatic rings. The molecule has 1 fully saturated rings. The van der Waals surface area contributed by atoms with Crippen LogP contribution in [0, 0.1) is 5.41 Å². The van der Waals surface area contributed by atoms with Crippen LogP contribution in [0.5, 0.6) is 0 Å². The SMILES string of the molecule is CC1(C)CC(=O)C1(C)O. The predicted molar refractivity (Wildman–Crippen MR) is 34.0 cm³/mol. The van der Waals surface area contributed by atoms with Gasteiger partial charge in [0.05, 0.1) is 0 Å². The molecule has 1 atom stereocenters. The first-order chi connectivity index (χ1) is 3.88. The first-order valence-corrected chi connectivity index (χ1v) is 3.13. The lowest BCUT2D eigenvalue weighted by molar-refractivity contribution is -0.173. The van der Waals surface area contributed by atoms with E-state index in [1.807, 2.05) is 13.8 Å². The maximum absolute atomic E-state index is 10.7. The highest BCUT2D eigenvalue weighted by Gasteiger charge is 2.55. The van der Waals surface area contributed by atoms with Crippen molar-refractivity contribution in [2.24, 2.45) is 5.41 Å². The van der Waals surface area contributed by atoms with Gasteiger partial charge in [-0.1, -0.05) is 13.8 Å². The van der Waals surface area contributed by atoms with E-state index in [-0.39, 0.29) is 11.2 Å². The number of Topliss-reactive ketones (excluding diaryl/α,β-unsaturated/α-hetero) is 1. The molecule has 1 saturated carbocycles. The normalized spacial score (nSPS) is 40.2. The molecular formula is C7H12O2. The van der Waals surface area contributed by atoms with E-state index in [1.165, 1.54) is 0 Å². The van der Waals surface area contributed by atoms with Crippen LogP contribution in [0.15, 0.2) is 0 Å². The van der Waals surface area contributed by atoms with E-state index < -0.39 is 5.60 Å². The minimum atomic E-state index is -1.06. The van der Waals surface area contributed by atoms with Crippen LogP contribution in [0.3, 0.4) is 0 Å². The zero-order chi connectivity index (χ0) is 7.28. The number of rotatable bonds is 0. The summed E-state index contributed by atoms with van der Waals surface area (Å²) < 4.78 is 0. The molecule has 9 heavy (non-hydrogen) atoms. The van der Waals surface area contributed by atoms with E-state index in [0.717, 1.165) is 0 Å². The number of carbonyl (C=O) groups is 1. The molecule has 0 spiro atoms. The van der Waals surface area contributed by atoms with Crippen molar-refractivity contribution in [1.29, 1.82) is 0 Å². The Bertz CT molecular complexity index is 156. The van der Waals surface area contributed by atoms with Gasteiger partial charge in [-0.2, -0.15) is 0 Å². The minimum absolute atomic E-state index is 0.0347. The molecule has 0 amide bonds. The van der Waals surface area contributed by atoms with Crippen LogP contribution in [0.4, 0.5) is 0 Å². The molecule has 2 nitrogen and oxygen atoms in total. The Balaban J connectivity index is 2.82. The highest BCUT2D eigenvalue weighted by Crippen LogP contribution is 2.45. The summed E-state index contributed by atoms with van der Waals surface area (Å²) in [6.07, 6.45) is 0.514. The van der Waals surface area contributed by atoms with E-state index in [4.69, 9.17) is 0 Å².